The second-order valence-corrected chi connectivity index (χ2v) is 3.19. The molecule has 74 valence electrons. The van der Waals surface area contributed by atoms with Gasteiger partial charge < -0.3 is 20.6 Å². The van der Waals surface area contributed by atoms with Gasteiger partial charge in [-0.3, -0.25) is 4.55 Å². The van der Waals surface area contributed by atoms with Crippen molar-refractivity contribution in [2.45, 2.75) is 0 Å². The Kier molecular flexibility index (Phi) is 14.7. The van der Waals surface area contributed by atoms with E-state index in [4.69, 9.17) is 19.9 Å². The predicted molar refractivity (Wildman–Crippen MR) is 40.7 cm³/mol. The van der Waals surface area contributed by atoms with Crippen molar-refractivity contribution < 1.29 is 47.6 Å². The van der Waals surface area contributed by atoms with Crippen LogP contribution < -0.4 is 34.9 Å². The van der Waals surface area contributed by atoms with Gasteiger partial charge in [0, 0.05) is 6.54 Å². The molecule has 0 heterocycles. The zero-order chi connectivity index (χ0) is 10.2. The maximum absolute atomic E-state index is 9.91. The van der Waals surface area contributed by atoms with Crippen LogP contribution >= 0.6 is 0 Å². The van der Waals surface area contributed by atoms with Crippen molar-refractivity contribution in [1.82, 2.24) is 5.32 Å². The summed E-state index contributed by atoms with van der Waals surface area (Å²) in [5.41, 5.74) is 0. The van der Waals surface area contributed by atoms with Crippen LogP contribution in [0.2, 0.25) is 0 Å². The van der Waals surface area contributed by atoms with Crippen molar-refractivity contribution in [2.24, 2.45) is 0 Å². The average Bonchev–Trinajstić information content (AvgIpc) is 1.80. The van der Waals surface area contributed by atoms with Gasteiger partial charge in [0.15, 0.2) is 0 Å². The SMILES string of the molecule is CNCCS(=O)(=O)O.O=[N+]([O-])[O-].[Na+]. The molecular formula is C3H9N2NaO6S. The number of nitrogens with zero attached hydrogens (tertiary/aromatic N) is 1. The molecule has 0 atom stereocenters. The van der Waals surface area contributed by atoms with E-state index < -0.39 is 15.2 Å². The van der Waals surface area contributed by atoms with Gasteiger partial charge in [-0.05, 0) is 7.05 Å². The molecule has 0 bridgehead atoms. The molecule has 0 aliphatic heterocycles. The molecule has 0 radical (unpaired) electrons. The Morgan fingerprint density at radius 3 is 1.85 bits per heavy atom. The second-order valence-electron chi connectivity index (χ2n) is 1.61. The molecule has 0 saturated carbocycles. The van der Waals surface area contributed by atoms with Crippen molar-refractivity contribution in [3.8, 4) is 0 Å². The summed E-state index contributed by atoms with van der Waals surface area (Å²) in [5, 5.41) is 17.3. The monoisotopic (exact) mass is 224 g/mol. The summed E-state index contributed by atoms with van der Waals surface area (Å²) in [7, 11) is -2.13. The van der Waals surface area contributed by atoms with Gasteiger partial charge >= 0.3 is 29.6 Å². The molecule has 13 heavy (non-hydrogen) atoms. The fraction of sp³-hybridized carbons (Fsp3) is 1.00. The first-order valence-corrected chi connectivity index (χ1v) is 4.32. The molecular weight excluding hydrogens is 215 g/mol. The summed E-state index contributed by atoms with van der Waals surface area (Å²) in [6.07, 6.45) is 0. The minimum Gasteiger partial charge on any atom is -0.356 e. The average molecular weight is 224 g/mol. The number of nitrogens with one attached hydrogen (secondary N) is 1. The van der Waals surface area contributed by atoms with E-state index in [1.807, 2.05) is 0 Å². The molecule has 0 spiro atoms. The van der Waals surface area contributed by atoms with Crippen LogP contribution in [-0.2, 0) is 10.1 Å². The van der Waals surface area contributed by atoms with Crippen molar-refractivity contribution >= 4 is 10.1 Å². The Morgan fingerprint density at radius 2 is 1.77 bits per heavy atom. The van der Waals surface area contributed by atoms with E-state index >= 15 is 0 Å². The maximum atomic E-state index is 9.91. The fourth-order valence-corrected chi connectivity index (χ4v) is 0.693. The smallest absolute Gasteiger partial charge is 0.356 e. The van der Waals surface area contributed by atoms with Crippen LogP contribution in [0.5, 0.6) is 0 Å². The quantitative estimate of drug-likeness (QED) is 0.215. The normalized spacial score (nSPS) is 9.08. The minimum absolute atomic E-state index is 0. The summed E-state index contributed by atoms with van der Waals surface area (Å²) in [5.74, 6) is -0.219. The van der Waals surface area contributed by atoms with Gasteiger partial charge in [0.05, 0.1) is 10.8 Å². The van der Waals surface area contributed by atoms with E-state index in [0.29, 0.717) is 6.54 Å². The van der Waals surface area contributed by atoms with E-state index in [1.165, 1.54) is 0 Å². The van der Waals surface area contributed by atoms with Crippen molar-refractivity contribution in [2.75, 3.05) is 19.3 Å². The Labute approximate surface area is 97.5 Å². The van der Waals surface area contributed by atoms with E-state index in [1.54, 1.807) is 7.05 Å². The van der Waals surface area contributed by atoms with E-state index in [0.717, 1.165) is 0 Å². The topological polar surface area (TPSA) is 133 Å². The third-order valence-electron chi connectivity index (χ3n) is 0.610. The molecule has 0 saturated heterocycles. The molecule has 8 nitrogen and oxygen atoms in total. The zero-order valence-corrected chi connectivity index (χ0v) is 10.1. The molecule has 0 amide bonds. The van der Waals surface area contributed by atoms with Crippen LogP contribution in [0.4, 0.5) is 0 Å². The third kappa shape index (κ3) is 47.6. The minimum atomic E-state index is -3.75. The number of hydrogen-bond acceptors (Lipinski definition) is 6. The summed E-state index contributed by atoms with van der Waals surface area (Å²) < 4.78 is 27.9. The molecule has 2 N–H and O–H groups in total. The molecule has 0 rings (SSSR count). The third-order valence-corrected chi connectivity index (χ3v) is 1.33. The van der Waals surface area contributed by atoms with Gasteiger partial charge in [-0.1, -0.05) is 0 Å². The van der Waals surface area contributed by atoms with Crippen LogP contribution in [0.25, 0.3) is 0 Å². The molecule has 0 aromatic carbocycles. The summed E-state index contributed by atoms with van der Waals surface area (Å²) in [6, 6.07) is 0. The van der Waals surface area contributed by atoms with Crippen LogP contribution in [0.3, 0.4) is 0 Å². The van der Waals surface area contributed by atoms with Crippen LogP contribution in [-0.4, -0.2) is 37.4 Å². The van der Waals surface area contributed by atoms with E-state index in [2.05, 4.69) is 5.32 Å². The second kappa shape index (κ2) is 10.2. The van der Waals surface area contributed by atoms with Gasteiger partial charge in [0.25, 0.3) is 10.1 Å². The van der Waals surface area contributed by atoms with Gasteiger partial charge in [-0.25, -0.2) is 0 Å². The van der Waals surface area contributed by atoms with Crippen molar-refractivity contribution in [1.29, 1.82) is 0 Å². The predicted octanol–water partition coefficient (Wildman–Crippen LogP) is -4.14. The molecule has 0 fully saturated rings. The van der Waals surface area contributed by atoms with Crippen LogP contribution in [0.15, 0.2) is 0 Å². The van der Waals surface area contributed by atoms with E-state index in [9.17, 15) is 8.42 Å². The largest absolute Gasteiger partial charge is 1.00 e. The van der Waals surface area contributed by atoms with Crippen LogP contribution in [0, 0.1) is 15.3 Å². The Morgan fingerprint density at radius 1 is 1.46 bits per heavy atom. The Bertz CT molecular complexity index is 212. The molecule has 0 aliphatic carbocycles. The first kappa shape index (κ1) is 18.8. The van der Waals surface area contributed by atoms with Gasteiger partial charge in [-0.15, -0.1) is 0 Å². The molecule has 0 aliphatic rings. The van der Waals surface area contributed by atoms with Crippen molar-refractivity contribution in [3.05, 3.63) is 15.3 Å². The summed E-state index contributed by atoms with van der Waals surface area (Å²) >= 11 is 0. The molecule has 0 aromatic heterocycles. The first-order chi connectivity index (χ1) is 5.29. The number of hydrogen-bond donors (Lipinski definition) is 2. The van der Waals surface area contributed by atoms with Gasteiger partial charge in [0.1, 0.15) is 0 Å². The maximum Gasteiger partial charge on any atom is 1.00 e. The summed E-state index contributed by atoms with van der Waals surface area (Å²) in [4.78, 5) is 8.25. The standard InChI is InChI=1S/C3H9NO3S.NO3.Na/c1-4-2-3-8(5,6)7;2-1(3)4;/h4H,2-3H2,1H3,(H,5,6,7);;/q;-1;+1. The number of rotatable bonds is 3. The van der Waals surface area contributed by atoms with Crippen molar-refractivity contribution in [3.63, 3.8) is 0 Å². The van der Waals surface area contributed by atoms with Crippen LogP contribution in [0.1, 0.15) is 0 Å². The van der Waals surface area contributed by atoms with E-state index in [-0.39, 0.29) is 35.3 Å². The molecule has 0 unspecified atom stereocenters. The van der Waals surface area contributed by atoms with Gasteiger partial charge in [-0.2, -0.15) is 8.42 Å². The van der Waals surface area contributed by atoms with Gasteiger partial charge in [0.2, 0.25) is 0 Å². The summed E-state index contributed by atoms with van der Waals surface area (Å²) in [6.45, 7) is 0.291. The Hall–Kier alpha value is 0.0700. The Balaban J connectivity index is -0.000000173. The molecule has 0 aromatic rings. The first-order valence-electron chi connectivity index (χ1n) is 2.71. The zero-order valence-electron chi connectivity index (χ0n) is 7.26. The fourth-order valence-electron chi connectivity index (χ4n) is 0.231. The molecule has 10 heteroatoms.